The van der Waals surface area contributed by atoms with E-state index in [0.29, 0.717) is 23.0 Å². The summed E-state index contributed by atoms with van der Waals surface area (Å²) in [5, 5.41) is 19.5. The molecule has 0 rings (SSSR count). The molecular formula is C11H22N2O4. The van der Waals surface area contributed by atoms with E-state index in [9.17, 15) is 9.59 Å². The van der Waals surface area contributed by atoms with Crippen LogP contribution in [0.15, 0.2) is 0 Å². The fraction of sp³-hybridized carbons (Fsp3) is 0.818. The van der Waals surface area contributed by atoms with E-state index in [2.05, 4.69) is 0 Å². The lowest BCUT2D eigenvalue weighted by Crippen LogP contribution is -2.27. The van der Waals surface area contributed by atoms with Gasteiger partial charge in [0.1, 0.15) is 0 Å². The van der Waals surface area contributed by atoms with Crippen LogP contribution >= 0.6 is 0 Å². The van der Waals surface area contributed by atoms with Gasteiger partial charge in [-0.05, 0) is 26.7 Å². The first-order valence-corrected chi connectivity index (χ1v) is 6.01. The average Bonchev–Trinajstić information content (AvgIpc) is 2.35. The molecule has 100 valence electrons. The van der Waals surface area contributed by atoms with Crippen LogP contribution in [0.1, 0.15) is 46.0 Å². The Labute approximate surface area is 102 Å². The van der Waals surface area contributed by atoms with Gasteiger partial charge in [-0.2, -0.15) is 0 Å². The fourth-order valence-corrected chi connectivity index (χ4v) is 1.34. The van der Waals surface area contributed by atoms with Crippen molar-refractivity contribution in [2.45, 2.75) is 46.0 Å². The molecule has 0 aliphatic rings. The van der Waals surface area contributed by atoms with Gasteiger partial charge < -0.3 is 0 Å². The van der Waals surface area contributed by atoms with Gasteiger partial charge in [0.25, 0.3) is 0 Å². The molecule has 0 aliphatic carbocycles. The Hall–Kier alpha value is -1.14. The van der Waals surface area contributed by atoms with Gasteiger partial charge in [-0.15, -0.1) is 0 Å². The molecule has 0 radical (unpaired) electrons. The first kappa shape index (κ1) is 15.9. The summed E-state index contributed by atoms with van der Waals surface area (Å²) in [6, 6.07) is 0. The zero-order valence-electron chi connectivity index (χ0n) is 10.6. The second-order valence-electron chi connectivity index (χ2n) is 3.78. The van der Waals surface area contributed by atoms with Crippen LogP contribution in [-0.4, -0.2) is 45.4 Å². The van der Waals surface area contributed by atoms with Crippen molar-refractivity contribution in [3.8, 4) is 0 Å². The summed E-state index contributed by atoms with van der Waals surface area (Å²) in [7, 11) is 0. The lowest BCUT2D eigenvalue weighted by Gasteiger charge is -2.12. The molecule has 0 aliphatic heterocycles. The Morgan fingerprint density at radius 1 is 0.824 bits per heavy atom. The van der Waals surface area contributed by atoms with Crippen LogP contribution < -0.4 is 0 Å². The molecule has 6 nitrogen and oxygen atoms in total. The summed E-state index contributed by atoms with van der Waals surface area (Å²) in [4.78, 5) is 22.4. The molecule has 0 atom stereocenters. The standard InChI is InChI=1S/C11H22N2O4/c1-3-12(16)10(14)8-6-5-7-9-11(15)13(17)4-2/h16-17H,3-9H2,1-2H3. The van der Waals surface area contributed by atoms with Gasteiger partial charge in [-0.3, -0.25) is 20.0 Å². The summed E-state index contributed by atoms with van der Waals surface area (Å²) < 4.78 is 0. The number of carbonyl (C=O) groups is 2. The van der Waals surface area contributed by atoms with Gasteiger partial charge in [-0.1, -0.05) is 6.42 Å². The summed E-state index contributed by atoms with van der Waals surface area (Å²) in [5.41, 5.74) is 0. The Bertz CT molecular complexity index is 222. The number of hydrogen-bond acceptors (Lipinski definition) is 4. The van der Waals surface area contributed by atoms with Crippen molar-refractivity contribution >= 4 is 11.8 Å². The number of rotatable bonds is 8. The van der Waals surface area contributed by atoms with Gasteiger partial charge in [-0.25, -0.2) is 10.1 Å². The van der Waals surface area contributed by atoms with Crippen LogP contribution in [0.3, 0.4) is 0 Å². The van der Waals surface area contributed by atoms with Gasteiger partial charge in [0.2, 0.25) is 11.8 Å². The quantitative estimate of drug-likeness (QED) is 0.385. The molecule has 0 heterocycles. The van der Waals surface area contributed by atoms with E-state index >= 15 is 0 Å². The van der Waals surface area contributed by atoms with Crippen molar-refractivity contribution in [3.05, 3.63) is 0 Å². The molecule has 0 aromatic carbocycles. The Morgan fingerprint density at radius 2 is 1.18 bits per heavy atom. The minimum atomic E-state index is -0.295. The topological polar surface area (TPSA) is 81.1 Å². The van der Waals surface area contributed by atoms with Crippen LogP contribution in [0.5, 0.6) is 0 Å². The maximum atomic E-state index is 11.2. The molecule has 0 bridgehead atoms. The Kier molecular flexibility index (Phi) is 8.35. The third kappa shape index (κ3) is 6.91. The highest BCUT2D eigenvalue weighted by atomic mass is 16.5. The molecule has 0 unspecified atom stereocenters. The summed E-state index contributed by atoms with van der Waals surface area (Å²) in [5.74, 6) is -0.590. The maximum Gasteiger partial charge on any atom is 0.245 e. The van der Waals surface area contributed by atoms with Gasteiger partial charge in [0.15, 0.2) is 0 Å². The number of unbranched alkanes of at least 4 members (excludes halogenated alkanes) is 2. The summed E-state index contributed by atoms with van der Waals surface area (Å²) >= 11 is 0. The molecule has 0 spiro atoms. The predicted octanol–water partition coefficient (Wildman–Crippen LogP) is 1.41. The summed E-state index contributed by atoms with van der Waals surface area (Å²) in [6.07, 6.45) is 2.58. The van der Waals surface area contributed by atoms with Crippen molar-refractivity contribution in [1.29, 1.82) is 0 Å². The normalized spacial score (nSPS) is 10.1. The average molecular weight is 246 g/mol. The number of carbonyl (C=O) groups excluding carboxylic acids is 2. The molecule has 2 amide bonds. The van der Waals surface area contributed by atoms with Gasteiger partial charge in [0.05, 0.1) is 0 Å². The molecule has 0 aromatic heterocycles. The third-order valence-corrected chi connectivity index (χ3v) is 2.46. The van der Waals surface area contributed by atoms with Crippen LogP contribution in [-0.2, 0) is 9.59 Å². The number of hydroxylamine groups is 4. The van der Waals surface area contributed by atoms with Crippen molar-refractivity contribution in [2.75, 3.05) is 13.1 Å². The van der Waals surface area contributed by atoms with Gasteiger partial charge in [0, 0.05) is 25.9 Å². The fourth-order valence-electron chi connectivity index (χ4n) is 1.34. The zero-order valence-corrected chi connectivity index (χ0v) is 10.6. The van der Waals surface area contributed by atoms with Crippen LogP contribution in [0.2, 0.25) is 0 Å². The molecule has 2 N–H and O–H groups in total. The van der Waals surface area contributed by atoms with E-state index in [0.717, 1.165) is 6.42 Å². The highest BCUT2D eigenvalue weighted by Crippen LogP contribution is 2.06. The summed E-state index contributed by atoms with van der Waals surface area (Å²) in [6.45, 7) is 3.95. The molecular weight excluding hydrogens is 224 g/mol. The second-order valence-corrected chi connectivity index (χ2v) is 3.78. The molecule has 17 heavy (non-hydrogen) atoms. The number of hydrogen-bond donors (Lipinski definition) is 2. The predicted molar refractivity (Wildman–Crippen MR) is 61.4 cm³/mol. The van der Waals surface area contributed by atoms with E-state index in [1.54, 1.807) is 13.8 Å². The smallest absolute Gasteiger partial charge is 0.245 e. The minimum absolute atomic E-state index is 0.285. The van der Waals surface area contributed by atoms with Crippen molar-refractivity contribution in [3.63, 3.8) is 0 Å². The monoisotopic (exact) mass is 246 g/mol. The minimum Gasteiger partial charge on any atom is -0.286 e. The molecule has 0 fully saturated rings. The van der Waals surface area contributed by atoms with E-state index in [1.165, 1.54) is 0 Å². The van der Waals surface area contributed by atoms with E-state index in [-0.39, 0.29) is 37.7 Å². The Morgan fingerprint density at radius 3 is 1.47 bits per heavy atom. The maximum absolute atomic E-state index is 11.2. The first-order valence-electron chi connectivity index (χ1n) is 6.01. The SMILES string of the molecule is CCN(O)C(=O)CCCCCC(=O)N(O)CC. The van der Waals surface area contributed by atoms with Crippen LogP contribution in [0, 0.1) is 0 Å². The van der Waals surface area contributed by atoms with E-state index in [1.807, 2.05) is 0 Å². The molecule has 0 saturated carbocycles. The number of amides is 2. The van der Waals surface area contributed by atoms with Crippen LogP contribution in [0.4, 0.5) is 0 Å². The van der Waals surface area contributed by atoms with Gasteiger partial charge >= 0.3 is 0 Å². The highest BCUT2D eigenvalue weighted by molar-refractivity contribution is 5.75. The van der Waals surface area contributed by atoms with Crippen molar-refractivity contribution in [1.82, 2.24) is 10.1 Å². The third-order valence-electron chi connectivity index (χ3n) is 2.46. The number of nitrogens with zero attached hydrogens (tertiary/aromatic N) is 2. The lowest BCUT2D eigenvalue weighted by atomic mass is 10.1. The van der Waals surface area contributed by atoms with Crippen LogP contribution in [0.25, 0.3) is 0 Å². The first-order chi connectivity index (χ1) is 8.02. The van der Waals surface area contributed by atoms with E-state index in [4.69, 9.17) is 10.4 Å². The largest absolute Gasteiger partial charge is 0.286 e. The van der Waals surface area contributed by atoms with Crippen molar-refractivity contribution in [2.24, 2.45) is 0 Å². The lowest BCUT2D eigenvalue weighted by molar-refractivity contribution is -0.164. The Balaban J connectivity index is 3.53. The van der Waals surface area contributed by atoms with E-state index < -0.39 is 0 Å². The molecule has 0 saturated heterocycles. The molecule has 0 aromatic rings. The van der Waals surface area contributed by atoms with Crippen molar-refractivity contribution < 1.29 is 20.0 Å². The molecule has 6 heteroatoms. The second kappa shape index (κ2) is 8.95. The highest BCUT2D eigenvalue weighted by Gasteiger charge is 2.09. The zero-order chi connectivity index (χ0) is 13.3.